The number of fused-ring (bicyclic) bond motifs is 1. The molecule has 150 valence electrons. The second-order valence-corrected chi connectivity index (χ2v) is 7.86. The number of phenols is 1. The minimum Gasteiger partial charge on any atom is -0.500 e. The number of para-hydroxylation sites is 1. The number of nitro benzene ring substituents is 1. The number of hydrogen-bond acceptors (Lipinski definition) is 9. The molecular formula is C18H16N4O5S2. The minimum absolute atomic E-state index is 0.0270. The van der Waals surface area contributed by atoms with Gasteiger partial charge in [-0.3, -0.25) is 14.9 Å². The standard InChI is InChI=1S/C18H16N4O5S2/c1-2-27-14-8-11(7-13(17(14)24)22(25)26)9-19-21-16(23)10-28-18-20-12-5-3-4-6-15(12)29-18/h3-9,24H,2,10H2,1H3,(H,21,23)/b19-9-. The number of aromatic nitrogens is 1. The van der Waals surface area contributed by atoms with Crippen molar-refractivity contribution < 1.29 is 19.6 Å². The lowest BCUT2D eigenvalue weighted by Gasteiger charge is -2.07. The van der Waals surface area contributed by atoms with E-state index >= 15 is 0 Å². The van der Waals surface area contributed by atoms with Crippen LogP contribution in [0.25, 0.3) is 10.2 Å². The number of nitrogens with zero attached hydrogens (tertiary/aromatic N) is 3. The Morgan fingerprint density at radius 2 is 2.24 bits per heavy atom. The molecule has 29 heavy (non-hydrogen) atoms. The maximum atomic E-state index is 12.0. The summed E-state index contributed by atoms with van der Waals surface area (Å²) in [5.74, 6) is -0.799. The number of benzene rings is 2. The maximum absolute atomic E-state index is 12.0. The van der Waals surface area contributed by atoms with Gasteiger partial charge in [0.1, 0.15) is 0 Å². The third-order valence-corrected chi connectivity index (χ3v) is 5.76. The summed E-state index contributed by atoms with van der Waals surface area (Å²) in [6, 6.07) is 10.3. The molecule has 0 spiro atoms. The average molecular weight is 432 g/mol. The Morgan fingerprint density at radius 1 is 1.45 bits per heavy atom. The Hall–Kier alpha value is -3.18. The van der Waals surface area contributed by atoms with E-state index in [1.807, 2.05) is 24.3 Å². The topological polar surface area (TPSA) is 127 Å². The van der Waals surface area contributed by atoms with Gasteiger partial charge in [0.2, 0.25) is 5.75 Å². The Bertz CT molecular complexity index is 1050. The van der Waals surface area contributed by atoms with Gasteiger partial charge in [-0.15, -0.1) is 11.3 Å². The Labute approximate surface area is 173 Å². The Kier molecular flexibility index (Phi) is 6.62. The predicted molar refractivity (Wildman–Crippen MR) is 112 cm³/mol. The van der Waals surface area contributed by atoms with Gasteiger partial charge in [-0.05, 0) is 25.1 Å². The zero-order valence-electron chi connectivity index (χ0n) is 15.2. The lowest BCUT2D eigenvalue weighted by atomic mass is 10.2. The van der Waals surface area contributed by atoms with Crippen molar-refractivity contribution in [3.05, 3.63) is 52.1 Å². The molecule has 0 fully saturated rings. The fourth-order valence-corrected chi connectivity index (χ4v) is 4.21. The van der Waals surface area contributed by atoms with E-state index in [4.69, 9.17) is 4.74 Å². The number of hydrazone groups is 1. The number of amides is 1. The SMILES string of the molecule is CCOc1cc(/C=N\NC(=O)CSc2nc3ccccc3s2)cc([N+](=O)[O-])c1O. The second-order valence-electron chi connectivity index (χ2n) is 5.61. The van der Waals surface area contributed by atoms with E-state index in [9.17, 15) is 20.0 Å². The zero-order chi connectivity index (χ0) is 20.8. The predicted octanol–water partition coefficient (Wildman–Crippen LogP) is 3.55. The molecule has 2 N–H and O–H groups in total. The van der Waals surface area contributed by atoms with Crippen molar-refractivity contribution in [3.63, 3.8) is 0 Å². The smallest absolute Gasteiger partial charge is 0.315 e. The quantitative estimate of drug-likeness (QED) is 0.241. The van der Waals surface area contributed by atoms with Crippen molar-refractivity contribution in [3.8, 4) is 11.5 Å². The average Bonchev–Trinajstić information content (AvgIpc) is 3.11. The molecule has 0 aliphatic heterocycles. The van der Waals surface area contributed by atoms with E-state index in [0.717, 1.165) is 20.6 Å². The molecule has 1 amide bonds. The molecule has 3 aromatic rings. The molecule has 0 radical (unpaired) electrons. The molecule has 0 aliphatic carbocycles. The summed E-state index contributed by atoms with van der Waals surface area (Å²) >= 11 is 2.80. The molecule has 3 rings (SSSR count). The van der Waals surface area contributed by atoms with Crippen molar-refractivity contribution in [2.75, 3.05) is 12.4 Å². The van der Waals surface area contributed by atoms with E-state index in [1.54, 1.807) is 6.92 Å². The van der Waals surface area contributed by atoms with E-state index in [-0.39, 0.29) is 24.0 Å². The summed E-state index contributed by atoms with van der Waals surface area (Å²) in [5, 5.41) is 24.7. The molecule has 1 aromatic heterocycles. The number of hydrogen-bond donors (Lipinski definition) is 2. The summed E-state index contributed by atoms with van der Waals surface area (Å²) in [6.07, 6.45) is 1.25. The number of thioether (sulfide) groups is 1. The largest absolute Gasteiger partial charge is 0.500 e. The van der Waals surface area contributed by atoms with Gasteiger partial charge in [0.05, 0.1) is 33.7 Å². The molecule has 0 bridgehead atoms. The van der Waals surface area contributed by atoms with Crippen molar-refractivity contribution in [1.29, 1.82) is 0 Å². The van der Waals surface area contributed by atoms with Crippen LogP contribution in [0.5, 0.6) is 11.5 Å². The highest BCUT2D eigenvalue weighted by molar-refractivity contribution is 8.01. The fourth-order valence-electron chi connectivity index (χ4n) is 2.34. The highest BCUT2D eigenvalue weighted by atomic mass is 32.2. The van der Waals surface area contributed by atoms with Crippen LogP contribution in [0.2, 0.25) is 0 Å². The first-order valence-electron chi connectivity index (χ1n) is 8.42. The van der Waals surface area contributed by atoms with Gasteiger partial charge in [-0.2, -0.15) is 5.10 Å². The van der Waals surface area contributed by atoms with Crippen molar-refractivity contribution >= 4 is 51.1 Å². The highest BCUT2D eigenvalue weighted by Crippen LogP contribution is 2.36. The summed E-state index contributed by atoms with van der Waals surface area (Å²) in [4.78, 5) is 26.8. The van der Waals surface area contributed by atoms with Crippen molar-refractivity contribution in [2.24, 2.45) is 5.10 Å². The van der Waals surface area contributed by atoms with Gasteiger partial charge in [0, 0.05) is 11.6 Å². The lowest BCUT2D eigenvalue weighted by molar-refractivity contribution is -0.386. The normalized spacial score (nSPS) is 11.1. The Balaban J connectivity index is 1.61. The highest BCUT2D eigenvalue weighted by Gasteiger charge is 2.19. The molecule has 9 nitrogen and oxygen atoms in total. The van der Waals surface area contributed by atoms with E-state index < -0.39 is 16.4 Å². The van der Waals surface area contributed by atoms with E-state index in [0.29, 0.717) is 5.56 Å². The van der Waals surface area contributed by atoms with Crippen LogP contribution < -0.4 is 10.2 Å². The van der Waals surface area contributed by atoms with Crippen LogP contribution in [0.3, 0.4) is 0 Å². The molecule has 0 aliphatic rings. The van der Waals surface area contributed by atoms with Crippen LogP contribution in [-0.4, -0.2) is 39.5 Å². The Morgan fingerprint density at radius 3 is 2.97 bits per heavy atom. The van der Waals surface area contributed by atoms with Crippen molar-refractivity contribution in [1.82, 2.24) is 10.4 Å². The first kappa shape index (κ1) is 20.6. The second kappa shape index (κ2) is 9.34. The first-order chi connectivity index (χ1) is 14.0. The van der Waals surface area contributed by atoms with Gasteiger partial charge in [0.15, 0.2) is 10.1 Å². The van der Waals surface area contributed by atoms with Crippen LogP contribution in [0.4, 0.5) is 5.69 Å². The number of aromatic hydroxyl groups is 1. The monoisotopic (exact) mass is 432 g/mol. The number of thiazole rings is 1. The summed E-state index contributed by atoms with van der Waals surface area (Å²) in [7, 11) is 0. The molecule has 0 saturated heterocycles. The zero-order valence-corrected chi connectivity index (χ0v) is 16.8. The van der Waals surface area contributed by atoms with Gasteiger partial charge in [-0.25, -0.2) is 10.4 Å². The fraction of sp³-hybridized carbons (Fsp3) is 0.167. The molecule has 11 heteroatoms. The molecule has 0 saturated carbocycles. The van der Waals surface area contributed by atoms with E-state index in [2.05, 4.69) is 15.5 Å². The molecule has 1 heterocycles. The number of nitro groups is 1. The molecule has 0 unspecified atom stereocenters. The minimum atomic E-state index is -0.720. The van der Waals surface area contributed by atoms with Gasteiger partial charge >= 0.3 is 5.69 Å². The van der Waals surface area contributed by atoms with Crippen LogP contribution in [0.1, 0.15) is 12.5 Å². The van der Waals surface area contributed by atoms with Gasteiger partial charge < -0.3 is 9.84 Å². The van der Waals surface area contributed by atoms with Gasteiger partial charge in [0.25, 0.3) is 5.91 Å². The number of rotatable bonds is 8. The summed E-state index contributed by atoms with van der Waals surface area (Å²) in [5.41, 5.74) is 3.05. The maximum Gasteiger partial charge on any atom is 0.315 e. The third-order valence-electron chi connectivity index (χ3n) is 3.58. The number of ether oxygens (including phenoxy) is 1. The molecular weight excluding hydrogens is 416 g/mol. The summed E-state index contributed by atoms with van der Waals surface area (Å²) in [6.45, 7) is 1.92. The van der Waals surface area contributed by atoms with Crippen LogP contribution in [-0.2, 0) is 4.79 Å². The molecule has 2 aromatic carbocycles. The van der Waals surface area contributed by atoms with Crippen LogP contribution >= 0.6 is 23.1 Å². The summed E-state index contributed by atoms with van der Waals surface area (Å²) < 4.78 is 7.02. The molecule has 0 atom stereocenters. The first-order valence-corrected chi connectivity index (χ1v) is 10.2. The number of phenolic OH excluding ortho intramolecular Hbond substituents is 1. The lowest BCUT2D eigenvalue weighted by Crippen LogP contribution is -2.19. The van der Waals surface area contributed by atoms with Gasteiger partial charge in [-0.1, -0.05) is 23.9 Å². The van der Waals surface area contributed by atoms with Crippen molar-refractivity contribution in [2.45, 2.75) is 11.3 Å². The van der Waals surface area contributed by atoms with Crippen LogP contribution in [0, 0.1) is 10.1 Å². The van der Waals surface area contributed by atoms with Crippen LogP contribution in [0.15, 0.2) is 45.8 Å². The van der Waals surface area contributed by atoms with E-state index in [1.165, 1.54) is 35.4 Å². The number of nitrogens with one attached hydrogen (secondary N) is 1. The number of carbonyl (C=O) groups excluding carboxylic acids is 1. The third kappa shape index (κ3) is 5.21. The number of carbonyl (C=O) groups is 1.